The van der Waals surface area contributed by atoms with Gasteiger partial charge in [-0.3, -0.25) is 0 Å². The van der Waals surface area contributed by atoms with E-state index in [1.807, 2.05) is 24.3 Å². The highest BCUT2D eigenvalue weighted by Gasteiger charge is 2.51. The average molecular weight is 452 g/mol. The summed E-state index contributed by atoms with van der Waals surface area (Å²) in [7, 11) is 0. The lowest BCUT2D eigenvalue weighted by Crippen LogP contribution is -2.66. The number of piperidine rings is 1. The molecule has 33 heavy (non-hydrogen) atoms. The number of esters is 1. The molecule has 0 aliphatic carbocycles. The van der Waals surface area contributed by atoms with Gasteiger partial charge in [0, 0.05) is 23.9 Å². The molecule has 2 aliphatic rings. The minimum atomic E-state index is -0.629. The predicted octanol–water partition coefficient (Wildman–Crippen LogP) is 5.52. The molecule has 2 aromatic rings. The lowest BCUT2D eigenvalue weighted by Gasteiger charge is -2.53. The first-order valence-electron chi connectivity index (χ1n) is 12.1. The summed E-state index contributed by atoms with van der Waals surface area (Å²) in [5, 5.41) is 3.65. The molecule has 0 radical (unpaired) electrons. The largest absolute Gasteiger partial charge is 0.454 e. The van der Waals surface area contributed by atoms with Crippen molar-refractivity contribution in [2.24, 2.45) is 0 Å². The second-order valence-electron chi connectivity index (χ2n) is 10.8. The van der Waals surface area contributed by atoms with Crippen LogP contribution in [-0.2, 0) is 20.6 Å². The van der Waals surface area contributed by atoms with Crippen LogP contribution in [0.1, 0.15) is 69.8 Å². The molecule has 1 spiro atoms. The van der Waals surface area contributed by atoms with Gasteiger partial charge >= 0.3 is 5.97 Å². The minimum absolute atomic E-state index is 0.0939. The van der Waals surface area contributed by atoms with E-state index in [0.29, 0.717) is 18.8 Å². The Morgan fingerprint density at radius 3 is 1.94 bits per heavy atom. The summed E-state index contributed by atoms with van der Waals surface area (Å²) in [6.45, 7) is 11.5. The highest BCUT2D eigenvalue weighted by molar-refractivity contribution is 5.90. The molecule has 1 N–H and O–H groups in total. The summed E-state index contributed by atoms with van der Waals surface area (Å²) in [5.41, 5.74) is 3.91. The molecule has 0 aromatic heterocycles. The van der Waals surface area contributed by atoms with Crippen LogP contribution in [0.15, 0.2) is 48.5 Å². The van der Waals surface area contributed by atoms with Gasteiger partial charge in [-0.1, -0.05) is 49.7 Å². The number of hydrogen-bond acceptors (Lipinski definition) is 5. The molecular formula is C28H37NO4. The van der Waals surface area contributed by atoms with E-state index in [1.54, 1.807) is 0 Å². The minimum Gasteiger partial charge on any atom is -0.454 e. The first-order valence-corrected chi connectivity index (χ1v) is 12.1. The van der Waals surface area contributed by atoms with Crippen molar-refractivity contribution in [1.29, 1.82) is 0 Å². The lowest BCUT2D eigenvalue weighted by atomic mass is 9.78. The highest BCUT2D eigenvalue weighted by atomic mass is 16.7. The van der Waals surface area contributed by atoms with Crippen molar-refractivity contribution in [2.75, 3.05) is 13.2 Å². The zero-order valence-corrected chi connectivity index (χ0v) is 20.6. The number of carbonyl (C=O) groups excluding carboxylic acids is 1. The summed E-state index contributed by atoms with van der Waals surface area (Å²) < 4.78 is 18.1. The van der Waals surface area contributed by atoms with Crippen LogP contribution < -0.4 is 5.32 Å². The molecule has 2 aliphatic heterocycles. The third kappa shape index (κ3) is 5.84. The quantitative estimate of drug-likeness (QED) is 0.607. The van der Waals surface area contributed by atoms with E-state index in [-0.39, 0.29) is 17.0 Å². The smallest absolute Gasteiger partial charge is 0.338 e. The van der Waals surface area contributed by atoms with Crippen LogP contribution in [0.3, 0.4) is 0 Å². The number of aryl methyl sites for hydroxylation is 1. The normalized spacial score (nSPS) is 21.6. The van der Waals surface area contributed by atoms with Crippen LogP contribution in [0.4, 0.5) is 0 Å². The number of hydrogen-bond donors (Lipinski definition) is 1. The zero-order chi connectivity index (χ0) is 23.7. The van der Waals surface area contributed by atoms with E-state index in [9.17, 15) is 4.79 Å². The SMILES string of the molecule is CCCc1ccc(-c2ccc(C(=O)OC3COC4(CC(C)(C)NC(C)(C)C4)OC3)cc2)cc1. The van der Waals surface area contributed by atoms with Crippen molar-refractivity contribution in [3.8, 4) is 11.1 Å². The zero-order valence-electron chi connectivity index (χ0n) is 20.6. The van der Waals surface area contributed by atoms with Crippen LogP contribution in [-0.4, -0.2) is 42.2 Å². The molecular weight excluding hydrogens is 414 g/mol. The highest BCUT2D eigenvalue weighted by Crippen LogP contribution is 2.41. The number of nitrogens with one attached hydrogen (secondary N) is 1. The van der Waals surface area contributed by atoms with E-state index in [4.69, 9.17) is 14.2 Å². The third-order valence-corrected chi connectivity index (χ3v) is 6.38. The molecule has 2 aromatic carbocycles. The standard InChI is InChI=1S/C28H37NO4/c1-6-7-20-8-10-21(11-9-20)22-12-14-23(15-13-22)25(30)33-24-16-31-28(32-17-24)18-26(2,3)29-27(4,5)19-28/h8-15,24,29H,6-7,16-19H2,1-5H3. The van der Waals surface area contributed by atoms with Gasteiger partial charge in [0.1, 0.15) is 6.10 Å². The fraction of sp³-hybridized carbons (Fsp3) is 0.536. The van der Waals surface area contributed by atoms with Gasteiger partial charge in [0.2, 0.25) is 0 Å². The molecule has 0 unspecified atom stereocenters. The van der Waals surface area contributed by atoms with Gasteiger partial charge in [-0.15, -0.1) is 0 Å². The summed E-state index contributed by atoms with van der Waals surface area (Å²) >= 11 is 0. The van der Waals surface area contributed by atoms with Gasteiger partial charge in [-0.25, -0.2) is 4.79 Å². The Labute approximate surface area is 197 Å². The monoisotopic (exact) mass is 451 g/mol. The van der Waals surface area contributed by atoms with Crippen molar-refractivity contribution in [1.82, 2.24) is 5.32 Å². The number of carbonyl (C=O) groups is 1. The predicted molar refractivity (Wildman–Crippen MR) is 130 cm³/mol. The molecule has 4 rings (SSSR count). The van der Waals surface area contributed by atoms with Gasteiger partial charge in [-0.05, 0) is 62.9 Å². The van der Waals surface area contributed by atoms with Crippen molar-refractivity contribution in [3.63, 3.8) is 0 Å². The fourth-order valence-corrected chi connectivity index (χ4v) is 5.44. The van der Waals surface area contributed by atoms with Crippen molar-refractivity contribution in [2.45, 2.75) is 83.3 Å². The third-order valence-electron chi connectivity index (χ3n) is 6.38. The van der Waals surface area contributed by atoms with Crippen LogP contribution in [0.25, 0.3) is 11.1 Å². The lowest BCUT2D eigenvalue weighted by molar-refractivity contribution is -0.317. The van der Waals surface area contributed by atoms with E-state index in [1.165, 1.54) is 5.56 Å². The molecule has 2 heterocycles. The molecule has 0 amide bonds. The molecule has 0 saturated carbocycles. The second-order valence-corrected chi connectivity index (χ2v) is 10.8. The molecule has 178 valence electrons. The van der Waals surface area contributed by atoms with Crippen molar-refractivity contribution >= 4 is 5.97 Å². The Hall–Kier alpha value is -2.21. The fourth-order valence-electron chi connectivity index (χ4n) is 5.44. The molecule has 5 heteroatoms. The molecule has 0 atom stereocenters. The number of rotatable bonds is 5. The first-order chi connectivity index (χ1) is 15.6. The van der Waals surface area contributed by atoms with Gasteiger partial charge < -0.3 is 19.5 Å². The van der Waals surface area contributed by atoms with Crippen molar-refractivity contribution in [3.05, 3.63) is 59.7 Å². The number of benzene rings is 2. The average Bonchev–Trinajstić information content (AvgIpc) is 2.74. The first kappa shape index (κ1) is 23.9. The van der Waals surface area contributed by atoms with Gasteiger partial charge in [0.25, 0.3) is 0 Å². The molecule has 5 nitrogen and oxygen atoms in total. The van der Waals surface area contributed by atoms with E-state index in [2.05, 4.69) is 64.2 Å². The van der Waals surface area contributed by atoms with Crippen molar-refractivity contribution < 1.29 is 19.0 Å². The summed E-state index contributed by atoms with van der Waals surface area (Å²) in [6, 6.07) is 16.2. The van der Waals surface area contributed by atoms with Crippen LogP contribution in [0.2, 0.25) is 0 Å². The topological polar surface area (TPSA) is 56.8 Å². The molecule has 2 fully saturated rings. The van der Waals surface area contributed by atoms with Crippen LogP contribution in [0.5, 0.6) is 0 Å². The summed E-state index contributed by atoms with van der Waals surface area (Å²) in [4.78, 5) is 12.7. The Kier molecular flexibility index (Phi) is 6.68. The van der Waals surface area contributed by atoms with Crippen LogP contribution in [0, 0.1) is 0 Å². The summed E-state index contributed by atoms with van der Waals surface area (Å²) in [5.74, 6) is -0.978. The Morgan fingerprint density at radius 1 is 0.909 bits per heavy atom. The van der Waals surface area contributed by atoms with E-state index in [0.717, 1.165) is 36.8 Å². The van der Waals surface area contributed by atoms with E-state index >= 15 is 0 Å². The van der Waals surface area contributed by atoms with Gasteiger partial charge in [0.15, 0.2) is 5.79 Å². The Bertz CT molecular complexity index is 936. The molecule has 2 saturated heterocycles. The Balaban J connectivity index is 1.34. The van der Waals surface area contributed by atoms with Gasteiger partial charge in [-0.2, -0.15) is 0 Å². The van der Waals surface area contributed by atoms with E-state index < -0.39 is 11.9 Å². The second kappa shape index (κ2) is 9.21. The van der Waals surface area contributed by atoms with Gasteiger partial charge in [0.05, 0.1) is 18.8 Å². The Morgan fingerprint density at radius 2 is 1.42 bits per heavy atom. The number of ether oxygens (including phenoxy) is 3. The maximum absolute atomic E-state index is 12.7. The maximum atomic E-state index is 12.7. The summed E-state index contributed by atoms with van der Waals surface area (Å²) in [6.07, 6.45) is 3.33. The maximum Gasteiger partial charge on any atom is 0.338 e. The molecule has 0 bridgehead atoms. The van der Waals surface area contributed by atoms with Crippen LogP contribution >= 0.6 is 0 Å².